The lowest BCUT2D eigenvalue weighted by atomic mass is 9.94. The molecule has 4 heteroatoms. The number of aldehydes is 1. The Balaban J connectivity index is 1.69. The molecule has 136 valence electrons. The summed E-state index contributed by atoms with van der Waals surface area (Å²) in [6.45, 7) is 0.825. The zero-order chi connectivity index (χ0) is 18.4. The van der Waals surface area contributed by atoms with Gasteiger partial charge in [-0.15, -0.1) is 0 Å². The number of hydrogen-bond donors (Lipinski definition) is 1. The third kappa shape index (κ3) is 4.58. The lowest BCUT2D eigenvalue weighted by Crippen LogP contribution is -2.33. The van der Waals surface area contributed by atoms with Gasteiger partial charge in [0.25, 0.3) is 5.91 Å². The number of rotatable bonds is 6. The van der Waals surface area contributed by atoms with Crippen molar-refractivity contribution in [2.45, 2.75) is 44.7 Å². The van der Waals surface area contributed by atoms with Gasteiger partial charge in [-0.3, -0.25) is 14.5 Å². The molecule has 0 radical (unpaired) electrons. The van der Waals surface area contributed by atoms with Gasteiger partial charge in [-0.2, -0.15) is 0 Å². The van der Waals surface area contributed by atoms with E-state index in [1.165, 1.54) is 32.1 Å². The molecule has 26 heavy (non-hydrogen) atoms. The van der Waals surface area contributed by atoms with E-state index in [0.717, 1.165) is 24.1 Å². The van der Waals surface area contributed by atoms with Crippen LogP contribution in [0.1, 0.15) is 58.4 Å². The summed E-state index contributed by atoms with van der Waals surface area (Å²) in [4.78, 5) is 25.7. The molecule has 0 saturated heterocycles. The van der Waals surface area contributed by atoms with Crippen molar-refractivity contribution < 1.29 is 9.59 Å². The molecular formula is C22H26N2O2. The minimum Gasteiger partial charge on any atom is -0.322 e. The number of nitrogens with one attached hydrogen (secondary N) is 1. The van der Waals surface area contributed by atoms with Crippen LogP contribution in [0.5, 0.6) is 0 Å². The van der Waals surface area contributed by atoms with E-state index in [0.29, 0.717) is 17.2 Å². The Kier molecular flexibility index (Phi) is 6.18. The largest absolute Gasteiger partial charge is 0.322 e. The molecule has 3 rings (SSSR count). The summed E-state index contributed by atoms with van der Waals surface area (Å²) in [6.07, 6.45) is 7.26. The maximum Gasteiger partial charge on any atom is 0.255 e. The van der Waals surface area contributed by atoms with E-state index in [4.69, 9.17) is 0 Å². The highest BCUT2D eigenvalue weighted by molar-refractivity contribution is 6.04. The van der Waals surface area contributed by atoms with Crippen molar-refractivity contribution in [3.8, 4) is 0 Å². The van der Waals surface area contributed by atoms with Crippen molar-refractivity contribution in [3.05, 3.63) is 65.2 Å². The molecule has 0 atom stereocenters. The standard InChI is InChI=1S/C22H26N2O2/c1-24(20-8-3-2-4-9-20)15-19-7-5-6-10-21(19)23-22(26)18-13-11-17(16-25)12-14-18/h5-7,10-14,16,20H,2-4,8-9,15H2,1H3,(H,23,26). The van der Waals surface area contributed by atoms with Crippen molar-refractivity contribution >= 4 is 17.9 Å². The molecule has 0 aromatic heterocycles. The summed E-state index contributed by atoms with van der Waals surface area (Å²) in [5.41, 5.74) is 3.08. The van der Waals surface area contributed by atoms with Crippen molar-refractivity contribution in [2.75, 3.05) is 12.4 Å². The first-order valence-corrected chi connectivity index (χ1v) is 9.32. The van der Waals surface area contributed by atoms with Crippen LogP contribution < -0.4 is 5.32 Å². The van der Waals surface area contributed by atoms with Gasteiger partial charge in [-0.05, 0) is 43.7 Å². The Hall–Kier alpha value is -2.46. The highest BCUT2D eigenvalue weighted by atomic mass is 16.1. The number of benzene rings is 2. The van der Waals surface area contributed by atoms with Crippen molar-refractivity contribution in [1.82, 2.24) is 4.90 Å². The molecule has 2 aromatic rings. The van der Waals surface area contributed by atoms with Gasteiger partial charge in [-0.25, -0.2) is 0 Å². The molecule has 0 unspecified atom stereocenters. The fourth-order valence-electron chi connectivity index (χ4n) is 3.61. The van der Waals surface area contributed by atoms with Gasteiger partial charge in [0.15, 0.2) is 0 Å². The van der Waals surface area contributed by atoms with Crippen LogP contribution in [0.3, 0.4) is 0 Å². The molecule has 2 aromatic carbocycles. The minimum absolute atomic E-state index is 0.157. The molecule has 1 aliphatic rings. The predicted octanol–water partition coefficient (Wildman–Crippen LogP) is 4.52. The normalized spacial score (nSPS) is 15.0. The molecule has 4 nitrogen and oxygen atoms in total. The van der Waals surface area contributed by atoms with E-state index >= 15 is 0 Å². The lowest BCUT2D eigenvalue weighted by Gasteiger charge is -2.31. The monoisotopic (exact) mass is 350 g/mol. The van der Waals surface area contributed by atoms with Crippen LogP contribution in [0.4, 0.5) is 5.69 Å². The first-order valence-electron chi connectivity index (χ1n) is 9.32. The summed E-state index contributed by atoms with van der Waals surface area (Å²) in [5, 5.41) is 3.02. The summed E-state index contributed by atoms with van der Waals surface area (Å²) < 4.78 is 0. The minimum atomic E-state index is -0.157. The Morgan fingerprint density at radius 1 is 1.08 bits per heavy atom. The maximum absolute atomic E-state index is 12.5. The number of para-hydroxylation sites is 1. The van der Waals surface area contributed by atoms with Gasteiger partial charge in [0.2, 0.25) is 0 Å². The van der Waals surface area contributed by atoms with Crippen molar-refractivity contribution in [3.63, 3.8) is 0 Å². The SMILES string of the molecule is CN(Cc1ccccc1NC(=O)c1ccc(C=O)cc1)C1CCCCC1. The number of amides is 1. The molecule has 1 fully saturated rings. The van der Waals surface area contributed by atoms with E-state index in [2.05, 4.69) is 23.3 Å². The van der Waals surface area contributed by atoms with Crippen LogP contribution in [0.2, 0.25) is 0 Å². The molecule has 1 aliphatic carbocycles. The van der Waals surface area contributed by atoms with Crippen LogP contribution in [-0.4, -0.2) is 30.2 Å². The Morgan fingerprint density at radius 2 is 1.77 bits per heavy atom. The molecule has 0 aliphatic heterocycles. The fraction of sp³-hybridized carbons (Fsp3) is 0.364. The second-order valence-corrected chi connectivity index (χ2v) is 7.06. The zero-order valence-corrected chi connectivity index (χ0v) is 15.3. The Morgan fingerprint density at radius 3 is 2.46 bits per heavy atom. The highest BCUT2D eigenvalue weighted by Gasteiger charge is 2.19. The molecule has 0 spiro atoms. The summed E-state index contributed by atoms with van der Waals surface area (Å²) in [7, 11) is 2.17. The second-order valence-electron chi connectivity index (χ2n) is 7.06. The third-order valence-electron chi connectivity index (χ3n) is 5.19. The average Bonchev–Trinajstić information content (AvgIpc) is 2.70. The Labute approximate surface area is 155 Å². The number of hydrogen-bond acceptors (Lipinski definition) is 3. The van der Waals surface area contributed by atoms with Gasteiger partial charge in [-0.1, -0.05) is 49.6 Å². The average molecular weight is 350 g/mol. The highest BCUT2D eigenvalue weighted by Crippen LogP contribution is 2.25. The van der Waals surface area contributed by atoms with E-state index < -0.39 is 0 Å². The number of nitrogens with zero attached hydrogens (tertiary/aromatic N) is 1. The third-order valence-corrected chi connectivity index (χ3v) is 5.19. The van der Waals surface area contributed by atoms with Gasteiger partial charge in [0, 0.05) is 29.4 Å². The zero-order valence-electron chi connectivity index (χ0n) is 15.3. The maximum atomic E-state index is 12.5. The van der Waals surface area contributed by atoms with Crippen LogP contribution in [0.25, 0.3) is 0 Å². The lowest BCUT2D eigenvalue weighted by molar-refractivity contribution is 0.102. The Bertz CT molecular complexity index is 749. The molecular weight excluding hydrogens is 324 g/mol. The van der Waals surface area contributed by atoms with E-state index in [1.807, 2.05) is 18.2 Å². The van der Waals surface area contributed by atoms with Crippen LogP contribution in [0, 0.1) is 0 Å². The molecule has 1 amide bonds. The smallest absolute Gasteiger partial charge is 0.255 e. The molecule has 0 bridgehead atoms. The van der Waals surface area contributed by atoms with Crippen molar-refractivity contribution in [2.24, 2.45) is 0 Å². The number of carbonyl (C=O) groups excluding carboxylic acids is 2. The van der Waals surface area contributed by atoms with Crippen LogP contribution in [-0.2, 0) is 6.54 Å². The van der Waals surface area contributed by atoms with Crippen LogP contribution in [0.15, 0.2) is 48.5 Å². The summed E-state index contributed by atoms with van der Waals surface area (Å²) in [6, 6.07) is 15.3. The summed E-state index contributed by atoms with van der Waals surface area (Å²) in [5.74, 6) is -0.157. The van der Waals surface area contributed by atoms with Gasteiger partial charge in [0.1, 0.15) is 6.29 Å². The van der Waals surface area contributed by atoms with Crippen LogP contribution >= 0.6 is 0 Å². The second kappa shape index (κ2) is 8.77. The molecule has 1 saturated carbocycles. The first-order chi connectivity index (χ1) is 12.7. The van der Waals surface area contributed by atoms with Gasteiger partial charge < -0.3 is 5.32 Å². The van der Waals surface area contributed by atoms with Gasteiger partial charge in [0.05, 0.1) is 0 Å². The van der Waals surface area contributed by atoms with E-state index in [1.54, 1.807) is 24.3 Å². The van der Waals surface area contributed by atoms with Gasteiger partial charge >= 0.3 is 0 Å². The van der Waals surface area contributed by atoms with Crippen molar-refractivity contribution in [1.29, 1.82) is 0 Å². The topological polar surface area (TPSA) is 49.4 Å². The fourth-order valence-corrected chi connectivity index (χ4v) is 3.61. The molecule has 0 heterocycles. The predicted molar refractivity (Wildman–Crippen MR) is 105 cm³/mol. The summed E-state index contributed by atoms with van der Waals surface area (Å²) >= 11 is 0. The van der Waals surface area contributed by atoms with E-state index in [-0.39, 0.29) is 5.91 Å². The number of carbonyl (C=O) groups is 2. The first kappa shape index (κ1) is 18.3. The number of anilines is 1. The van der Waals surface area contributed by atoms with E-state index in [9.17, 15) is 9.59 Å². The quantitative estimate of drug-likeness (QED) is 0.780. The molecule has 1 N–H and O–H groups in total.